The number of hydrogen-bond donors (Lipinski definition) is 1. The second kappa shape index (κ2) is 6.83. The maximum Gasteiger partial charge on any atom is 0.137 e. The molecule has 1 aromatic carbocycles. The fourth-order valence-corrected chi connectivity index (χ4v) is 3.29. The molecule has 5 nitrogen and oxygen atoms in total. The number of piperidine rings is 1. The molecule has 2 heterocycles. The van der Waals surface area contributed by atoms with Gasteiger partial charge in [-0.25, -0.2) is 14.1 Å². The standard InChI is InChI=1S/C18H23FN4O/c1-14-7-9-22(10-8-14)15(2)18(24,11-23-13-20-12-21-23)16-3-5-17(19)6-4-16/h3-6,12-13,15,24H,1,7-11H2,2H3/t15-,18?/m1/s1. The van der Waals surface area contributed by atoms with Crippen LogP contribution < -0.4 is 0 Å². The van der Waals surface area contributed by atoms with Gasteiger partial charge in [0, 0.05) is 19.1 Å². The zero-order valence-electron chi connectivity index (χ0n) is 13.9. The summed E-state index contributed by atoms with van der Waals surface area (Å²) in [5.41, 5.74) is 0.733. The van der Waals surface area contributed by atoms with Crippen LogP contribution in [0.2, 0.25) is 0 Å². The van der Waals surface area contributed by atoms with Gasteiger partial charge in [-0.1, -0.05) is 24.3 Å². The van der Waals surface area contributed by atoms with Crippen molar-refractivity contribution >= 4 is 0 Å². The number of rotatable bonds is 5. The van der Waals surface area contributed by atoms with Crippen LogP contribution in [0.25, 0.3) is 0 Å². The quantitative estimate of drug-likeness (QED) is 0.855. The van der Waals surface area contributed by atoms with Crippen molar-refractivity contribution in [1.82, 2.24) is 19.7 Å². The molecule has 0 radical (unpaired) electrons. The van der Waals surface area contributed by atoms with Crippen LogP contribution in [-0.2, 0) is 12.1 Å². The van der Waals surface area contributed by atoms with Crippen LogP contribution >= 0.6 is 0 Å². The van der Waals surface area contributed by atoms with E-state index in [0.29, 0.717) is 5.56 Å². The van der Waals surface area contributed by atoms with Crippen molar-refractivity contribution in [3.63, 3.8) is 0 Å². The van der Waals surface area contributed by atoms with Crippen molar-refractivity contribution in [1.29, 1.82) is 0 Å². The van der Waals surface area contributed by atoms with E-state index in [1.807, 2.05) is 6.92 Å². The van der Waals surface area contributed by atoms with Crippen LogP contribution in [0.1, 0.15) is 25.3 Å². The topological polar surface area (TPSA) is 54.2 Å². The zero-order valence-corrected chi connectivity index (χ0v) is 13.9. The van der Waals surface area contributed by atoms with Crippen LogP contribution in [0.5, 0.6) is 0 Å². The van der Waals surface area contributed by atoms with Crippen molar-refractivity contribution in [2.24, 2.45) is 0 Å². The summed E-state index contributed by atoms with van der Waals surface area (Å²) >= 11 is 0. The summed E-state index contributed by atoms with van der Waals surface area (Å²) in [5, 5.41) is 15.7. The van der Waals surface area contributed by atoms with Crippen molar-refractivity contribution < 1.29 is 9.50 Å². The molecule has 1 aliphatic rings. The molecule has 6 heteroatoms. The molecule has 0 spiro atoms. The Kier molecular flexibility index (Phi) is 4.78. The van der Waals surface area contributed by atoms with Crippen LogP contribution in [0, 0.1) is 5.82 Å². The Hall–Kier alpha value is -2.05. The minimum Gasteiger partial charge on any atom is -0.382 e. The van der Waals surface area contributed by atoms with E-state index in [2.05, 4.69) is 21.6 Å². The summed E-state index contributed by atoms with van der Waals surface area (Å²) in [6, 6.07) is 5.90. The highest BCUT2D eigenvalue weighted by Gasteiger charge is 2.40. The molecule has 1 unspecified atom stereocenters. The zero-order chi connectivity index (χ0) is 17.2. The third-order valence-corrected chi connectivity index (χ3v) is 4.96. The predicted octanol–water partition coefficient (Wildman–Crippen LogP) is 2.35. The molecule has 2 atom stereocenters. The highest BCUT2D eigenvalue weighted by molar-refractivity contribution is 5.25. The molecule has 1 saturated heterocycles. The third-order valence-electron chi connectivity index (χ3n) is 4.96. The van der Waals surface area contributed by atoms with Gasteiger partial charge in [0.1, 0.15) is 24.1 Å². The van der Waals surface area contributed by atoms with Crippen LogP contribution in [0.3, 0.4) is 0 Å². The predicted molar refractivity (Wildman–Crippen MR) is 89.7 cm³/mol. The molecular weight excluding hydrogens is 307 g/mol. The lowest BCUT2D eigenvalue weighted by Gasteiger charge is -2.43. The maximum atomic E-state index is 13.3. The Labute approximate surface area is 141 Å². The fraction of sp³-hybridized carbons (Fsp3) is 0.444. The second-order valence-electron chi connectivity index (χ2n) is 6.49. The normalized spacial score (nSPS) is 19.9. The van der Waals surface area contributed by atoms with Gasteiger partial charge in [0.15, 0.2) is 0 Å². The molecule has 24 heavy (non-hydrogen) atoms. The van der Waals surface area contributed by atoms with E-state index in [-0.39, 0.29) is 18.4 Å². The molecule has 2 aromatic rings. The Morgan fingerprint density at radius 3 is 2.54 bits per heavy atom. The number of aliphatic hydroxyl groups is 1. The van der Waals surface area contributed by atoms with Gasteiger partial charge < -0.3 is 5.11 Å². The van der Waals surface area contributed by atoms with Crippen molar-refractivity contribution in [3.05, 3.63) is 60.5 Å². The Morgan fingerprint density at radius 2 is 1.96 bits per heavy atom. The smallest absolute Gasteiger partial charge is 0.137 e. The van der Waals surface area contributed by atoms with Gasteiger partial charge in [-0.15, -0.1) is 0 Å². The van der Waals surface area contributed by atoms with Gasteiger partial charge in [0.2, 0.25) is 0 Å². The average Bonchev–Trinajstić information content (AvgIpc) is 3.08. The van der Waals surface area contributed by atoms with E-state index in [1.54, 1.807) is 23.1 Å². The van der Waals surface area contributed by atoms with E-state index in [0.717, 1.165) is 25.9 Å². The van der Waals surface area contributed by atoms with Crippen LogP contribution in [-0.4, -0.2) is 43.9 Å². The van der Waals surface area contributed by atoms with Gasteiger partial charge >= 0.3 is 0 Å². The number of benzene rings is 1. The highest BCUT2D eigenvalue weighted by Crippen LogP contribution is 2.32. The summed E-state index contributed by atoms with van der Waals surface area (Å²) in [6.45, 7) is 8.04. The lowest BCUT2D eigenvalue weighted by molar-refractivity contribution is -0.0634. The van der Waals surface area contributed by atoms with Gasteiger partial charge in [-0.3, -0.25) is 4.90 Å². The molecule has 1 N–H and O–H groups in total. The molecule has 1 aromatic heterocycles. The third kappa shape index (κ3) is 3.39. The second-order valence-corrected chi connectivity index (χ2v) is 6.49. The summed E-state index contributed by atoms with van der Waals surface area (Å²) < 4.78 is 14.9. The van der Waals surface area contributed by atoms with Gasteiger partial charge in [-0.05, 0) is 37.5 Å². The first kappa shape index (κ1) is 16.8. The minimum atomic E-state index is -1.19. The summed E-state index contributed by atoms with van der Waals surface area (Å²) in [6.07, 6.45) is 4.90. The maximum absolute atomic E-state index is 13.3. The number of nitrogens with zero attached hydrogens (tertiary/aromatic N) is 4. The first-order valence-electron chi connectivity index (χ1n) is 8.20. The molecule has 0 bridgehead atoms. The lowest BCUT2D eigenvalue weighted by Crippen LogP contribution is -2.53. The van der Waals surface area contributed by atoms with Crippen molar-refractivity contribution in [2.75, 3.05) is 13.1 Å². The SMILES string of the molecule is C=C1CCN([C@H](C)C(O)(Cn2cncn2)c2ccc(F)cc2)CC1. The molecule has 1 aliphatic heterocycles. The van der Waals surface area contributed by atoms with Crippen molar-refractivity contribution in [2.45, 2.75) is 38.0 Å². The average molecular weight is 330 g/mol. The number of likely N-dealkylation sites (tertiary alicyclic amines) is 1. The molecule has 0 amide bonds. The van der Waals surface area contributed by atoms with Gasteiger partial charge in [-0.2, -0.15) is 5.10 Å². The number of hydrogen-bond acceptors (Lipinski definition) is 4. The Bertz CT molecular complexity index is 676. The van der Waals surface area contributed by atoms with E-state index in [4.69, 9.17) is 0 Å². The van der Waals surface area contributed by atoms with Gasteiger partial charge in [0.05, 0.1) is 6.54 Å². The van der Waals surface area contributed by atoms with Crippen molar-refractivity contribution in [3.8, 4) is 0 Å². The van der Waals surface area contributed by atoms with Crippen LogP contribution in [0.4, 0.5) is 4.39 Å². The molecular formula is C18H23FN4O. The Morgan fingerprint density at radius 1 is 1.29 bits per heavy atom. The highest BCUT2D eigenvalue weighted by atomic mass is 19.1. The summed E-state index contributed by atoms with van der Waals surface area (Å²) in [7, 11) is 0. The van der Waals surface area contributed by atoms with E-state index in [1.165, 1.54) is 24.0 Å². The molecule has 0 aliphatic carbocycles. The fourth-order valence-electron chi connectivity index (χ4n) is 3.29. The number of halogens is 1. The first-order valence-corrected chi connectivity index (χ1v) is 8.20. The van der Waals surface area contributed by atoms with E-state index in [9.17, 15) is 9.50 Å². The molecule has 1 fully saturated rings. The summed E-state index contributed by atoms with van der Waals surface area (Å²) in [5.74, 6) is -0.316. The molecule has 128 valence electrons. The number of aromatic nitrogens is 3. The molecule has 0 saturated carbocycles. The van der Waals surface area contributed by atoms with Gasteiger partial charge in [0.25, 0.3) is 0 Å². The monoisotopic (exact) mass is 330 g/mol. The lowest BCUT2D eigenvalue weighted by atomic mass is 9.85. The van der Waals surface area contributed by atoms with Crippen LogP contribution in [0.15, 0.2) is 49.1 Å². The van der Waals surface area contributed by atoms with E-state index < -0.39 is 5.60 Å². The largest absolute Gasteiger partial charge is 0.382 e. The summed E-state index contributed by atoms with van der Waals surface area (Å²) in [4.78, 5) is 6.21. The first-order chi connectivity index (χ1) is 11.5. The Balaban J connectivity index is 1.91. The minimum absolute atomic E-state index is 0.153. The molecule has 3 rings (SSSR count). The van der Waals surface area contributed by atoms with E-state index >= 15 is 0 Å².